The second-order valence-electron chi connectivity index (χ2n) is 6.46. The molecule has 0 spiro atoms. The summed E-state index contributed by atoms with van der Waals surface area (Å²) in [5.41, 5.74) is 0.576. The molecule has 2 saturated heterocycles. The quantitative estimate of drug-likeness (QED) is 0.858. The van der Waals surface area contributed by atoms with Gasteiger partial charge in [-0.05, 0) is 50.0 Å². The number of hydrogen-bond acceptors (Lipinski definition) is 3. The van der Waals surface area contributed by atoms with Gasteiger partial charge in [-0.1, -0.05) is 23.2 Å². The predicted molar refractivity (Wildman–Crippen MR) is 102 cm³/mol. The molecule has 1 amide bonds. The molecule has 1 aromatic carbocycles. The summed E-state index contributed by atoms with van der Waals surface area (Å²) in [7, 11) is 0. The lowest BCUT2D eigenvalue weighted by Crippen LogP contribution is -2.50. The van der Waals surface area contributed by atoms with Crippen molar-refractivity contribution in [3.8, 4) is 0 Å². The summed E-state index contributed by atoms with van der Waals surface area (Å²) in [6, 6.07) is 5.03. The Balaban J connectivity index is 0.00000208. The van der Waals surface area contributed by atoms with Crippen molar-refractivity contribution in [2.24, 2.45) is 5.92 Å². The van der Waals surface area contributed by atoms with Crippen molar-refractivity contribution in [1.82, 2.24) is 15.1 Å². The lowest BCUT2D eigenvalue weighted by molar-refractivity contribution is 0.0610. The molecule has 1 unspecified atom stereocenters. The average molecular weight is 393 g/mol. The van der Waals surface area contributed by atoms with Crippen LogP contribution in [0, 0.1) is 5.92 Å². The largest absolute Gasteiger partial charge is 0.336 e. The van der Waals surface area contributed by atoms with E-state index < -0.39 is 0 Å². The normalized spacial score (nSPS) is 22.1. The second kappa shape index (κ2) is 9.25. The van der Waals surface area contributed by atoms with Crippen molar-refractivity contribution in [2.45, 2.75) is 12.8 Å². The molecule has 2 fully saturated rings. The highest BCUT2D eigenvalue weighted by molar-refractivity contribution is 6.35. The zero-order valence-corrected chi connectivity index (χ0v) is 16.0. The maximum absolute atomic E-state index is 12.6. The van der Waals surface area contributed by atoms with Crippen molar-refractivity contribution in [3.63, 3.8) is 0 Å². The fourth-order valence-electron chi connectivity index (χ4n) is 3.44. The first kappa shape index (κ1) is 19.8. The van der Waals surface area contributed by atoms with Gasteiger partial charge in [0.2, 0.25) is 0 Å². The number of rotatable bonds is 3. The van der Waals surface area contributed by atoms with Crippen LogP contribution in [0.3, 0.4) is 0 Å². The molecule has 1 atom stereocenters. The number of amides is 1. The molecule has 2 aliphatic rings. The Hall–Kier alpha value is -0.520. The van der Waals surface area contributed by atoms with Crippen LogP contribution in [0.1, 0.15) is 23.2 Å². The van der Waals surface area contributed by atoms with Crippen LogP contribution < -0.4 is 5.32 Å². The van der Waals surface area contributed by atoms with Crippen LogP contribution in [0.15, 0.2) is 18.2 Å². The van der Waals surface area contributed by atoms with Gasteiger partial charge in [-0.25, -0.2) is 0 Å². The standard InChI is InChI=1S/C17H23Cl2N3O.ClH/c18-15-8-14(9-16(19)10-15)17(23)22-6-4-21(5-7-22)12-13-2-1-3-20-11-13;/h8-10,13,20H,1-7,11-12H2;1H. The van der Waals surface area contributed by atoms with E-state index in [4.69, 9.17) is 23.2 Å². The molecule has 0 saturated carbocycles. The summed E-state index contributed by atoms with van der Waals surface area (Å²) < 4.78 is 0. The van der Waals surface area contributed by atoms with E-state index in [0.717, 1.165) is 51.7 Å². The maximum Gasteiger partial charge on any atom is 0.254 e. The van der Waals surface area contributed by atoms with Gasteiger partial charge < -0.3 is 10.2 Å². The molecule has 1 aromatic rings. The van der Waals surface area contributed by atoms with Crippen LogP contribution in [0.4, 0.5) is 0 Å². The van der Waals surface area contributed by atoms with Crippen molar-refractivity contribution in [3.05, 3.63) is 33.8 Å². The Labute approximate surface area is 159 Å². The summed E-state index contributed by atoms with van der Waals surface area (Å²) >= 11 is 12.0. The summed E-state index contributed by atoms with van der Waals surface area (Å²) in [5.74, 6) is 0.770. The van der Waals surface area contributed by atoms with Gasteiger partial charge in [0.05, 0.1) is 0 Å². The first-order valence-electron chi connectivity index (χ1n) is 8.30. The van der Waals surface area contributed by atoms with Gasteiger partial charge >= 0.3 is 0 Å². The smallest absolute Gasteiger partial charge is 0.254 e. The van der Waals surface area contributed by atoms with Crippen LogP contribution >= 0.6 is 35.6 Å². The van der Waals surface area contributed by atoms with Gasteiger partial charge in [-0.3, -0.25) is 9.69 Å². The number of carbonyl (C=O) groups excluding carboxylic acids is 1. The van der Waals surface area contributed by atoms with Crippen LogP contribution in [-0.4, -0.2) is 61.5 Å². The third kappa shape index (κ3) is 5.24. The Morgan fingerprint density at radius 3 is 2.38 bits per heavy atom. The van der Waals surface area contributed by atoms with Gasteiger partial charge in [0.1, 0.15) is 0 Å². The highest BCUT2D eigenvalue weighted by Gasteiger charge is 2.24. The van der Waals surface area contributed by atoms with Gasteiger partial charge in [0, 0.05) is 48.3 Å². The Morgan fingerprint density at radius 2 is 1.79 bits per heavy atom. The molecule has 2 heterocycles. The van der Waals surface area contributed by atoms with E-state index >= 15 is 0 Å². The Kier molecular flexibility index (Phi) is 7.63. The average Bonchev–Trinajstić information content (AvgIpc) is 2.55. The lowest BCUT2D eigenvalue weighted by atomic mass is 9.99. The molecule has 0 bridgehead atoms. The Morgan fingerprint density at radius 1 is 1.12 bits per heavy atom. The molecule has 7 heteroatoms. The van der Waals surface area contributed by atoms with E-state index in [0.29, 0.717) is 15.6 Å². The fraction of sp³-hybridized carbons (Fsp3) is 0.588. The second-order valence-corrected chi connectivity index (χ2v) is 7.34. The van der Waals surface area contributed by atoms with Gasteiger partial charge in [0.15, 0.2) is 0 Å². The summed E-state index contributed by atoms with van der Waals surface area (Å²) in [4.78, 5) is 17.0. The van der Waals surface area contributed by atoms with Crippen molar-refractivity contribution >= 4 is 41.5 Å². The molecular weight excluding hydrogens is 369 g/mol. The number of benzene rings is 1. The molecule has 134 valence electrons. The minimum atomic E-state index is 0. The molecule has 0 aliphatic carbocycles. The van der Waals surface area contributed by atoms with E-state index in [9.17, 15) is 4.79 Å². The zero-order chi connectivity index (χ0) is 16.2. The zero-order valence-electron chi connectivity index (χ0n) is 13.6. The number of hydrogen-bond donors (Lipinski definition) is 1. The van der Waals surface area contributed by atoms with Gasteiger partial charge in [-0.15, -0.1) is 12.4 Å². The number of halogens is 3. The van der Waals surface area contributed by atoms with Crippen LogP contribution in [-0.2, 0) is 0 Å². The van der Waals surface area contributed by atoms with Gasteiger partial charge in [0.25, 0.3) is 5.91 Å². The highest BCUT2D eigenvalue weighted by Crippen LogP contribution is 2.21. The number of nitrogens with one attached hydrogen (secondary N) is 1. The number of carbonyl (C=O) groups is 1. The number of piperazine rings is 1. The van der Waals surface area contributed by atoms with Crippen molar-refractivity contribution in [2.75, 3.05) is 45.8 Å². The van der Waals surface area contributed by atoms with E-state index in [1.54, 1.807) is 18.2 Å². The topological polar surface area (TPSA) is 35.6 Å². The number of piperidine rings is 1. The van der Waals surface area contributed by atoms with E-state index in [1.807, 2.05) is 4.90 Å². The van der Waals surface area contributed by atoms with E-state index in [2.05, 4.69) is 10.2 Å². The third-order valence-electron chi connectivity index (χ3n) is 4.68. The van der Waals surface area contributed by atoms with Crippen LogP contribution in [0.25, 0.3) is 0 Å². The maximum atomic E-state index is 12.6. The lowest BCUT2D eigenvalue weighted by Gasteiger charge is -2.37. The molecular formula is C17H24Cl3N3O. The molecule has 0 radical (unpaired) electrons. The molecule has 3 rings (SSSR count). The Bertz CT molecular complexity index is 536. The van der Waals surface area contributed by atoms with E-state index in [-0.39, 0.29) is 18.3 Å². The predicted octanol–water partition coefficient (Wildman–Crippen LogP) is 3.17. The van der Waals surface area contributed by atoms with Gasteiger partial charge in [-0.2, -0.15) is 0 Å². The van der Waals surface area contributed by atoms with Crippen molar-refractivity contribution in [1.29, 1.82) is 0 Å². The highest BCUT2D eigenvalue weighted by atomic mass is 35.5. The summed E-state index contributed by atoms with van der Waals surface area (Å²) in [5, 5.41) is 4.48. The minimum absolute atomic E-state index is 0. The SMILES string of the molecule is Cl.O=C(c1cc(Cl)cc(Cl)c1)N1CCN(CC2CCCNC2)CC1. The van der Waals surface area contributed by atoms with Crippen molar-refractivity contribution < 1.29 is 4.79 Å². The fourth-order valence-corrected chi connectivity index (χ4v) is 3.96. The first-order chi connectivity index (χ1) is 11.1. The minimum Gasteiger partial charge on any atom is -0.336 e. The molecule has 0 aromatic heterocycles. The monoisotopic (exact) mass is 391 g/mol. The summed E-state index contributed by atoms with van der Waals surface area (Å²) in [6.07, 6.45) is 2.59. The molecule has 2 aliphatic heterocycles. The summed E-state index contributed by atoms with van der Waals surface area (Å²) in [6.45, 7) is 6.83. The first-order valence-corrected chi connectivity index (χ1v) is 9.06. The number of nitrogens with zero attached hydrogens (tertiary/aromatic N) is 2. The van der Waals surface area contributed by atoms with E-state index in [1.165, 1.54) is 12.8 Å². The molecule has 1 N–H and O–H groups in total. The van der Waals surface area contributed by atoms with Crippen LogP contribution in [0.5, 0.6) is 0 Å². The molecule has 4 nitrogen and oxygen atoms in total. The van der Waals surface area contributed by atoms with Crippen LogP contribution in [0.2, 0.25) is 10.0 Å². The molecule has 24 heavy (non-hydrogen) atoms. The third-order valence-corrected chi connectivity index (χ3v) is 5.12.